The summed E-state index contributed by atoms with van der Waals surface area (Å²) >= 11 is 0. The first kappa shape index (κ1) is 53.9. The van der Waals surface area contributed by atoms with Crippen molar-refractivity contribution in [1.29, 1.82) is 0 Å². The van der Waals surface area contributed by atoms with E-state index in [1.165, 1.54) is 32.1 Å². The van der Waals surface area contributed by atoms with Crippen molar-refractivity contribution in [3.05, 3.63) is 72.9 Å². The molecule has 0 saturated heterocycles. The van der Waals surface area contributed by atoms with E-state index in [1.54, 1.807) is 0 Å². The predicted molar refractivity (Wildman–Crippen MR) is 231 cm³/mol. The summed E-state index contributed by atoms with van der Waals surface area (Å²) in [6.45, 7) is 2.62. The smallest absolute Gasteiger partial charge is 0.472 e. The van der Waals surface area contributed by atoms with E-state index < -0.39 is 51.1 Å². The highest BCUT2D eigenvalue weighted by molar-refractivity contribution is 7.47. The normalized spacial score (nSPS) is 14.5. The van der Waals surface area contributed by atoms with Gasteiger partial charge in [0.1, 0.15) is 12.6 Å². The fraction of sp³-hybridized carbons (Fsp3) is 0.667. The van der Waals surface area contributed by atoms with Gasteiger partial charge in [-0.15, -0.1) is 0 Å². The third-order valence-corrected chi connectivity index (χ3v) is 9.64. The summed E-state index contributed by atoms with van der Waals surface area (Å²) in [5.41, 5.74) is 5.33. The van der Waals surface area contributed by atoms with Crippen LogP contribution in [0, 0.1) is 0 Å². The molecule has 0 aromatic rings. The summed E-state index contributed by atoms with van der Waals surface area (Å²) in [5.74, 6) is -2.44. The lowest BCUT2D eigenvalue weighted by Gasteiger charge is -2.20. The number of hydrogen-bond acceptors (Lipinski definition) is 9. The van der Waals surface area contributed by atoms with E-state index in [2.05, 4.69) is 91.3 Å². The number of allylic oxidation sites excluding steroid dienone is 12. The van der Waals surface area contributed by atoms with Crippen LogP contribution in [0.25, 0.3) is 0 Å². The molecule has 0 bridgehead atoms. The summed E-state index contributed by atoms with van der Waals surface area (Å²) in [6, 6.07) is -1.53. The van der Waals surface area contributed by atoms with E-state index in [9.17, 15) is 23.8 Å². The lowest BCUT2D eigenvalue weighted by atomic mass is 10.1. The quantitative estimate of drug-likeness (QED) is 0.0233. The van der Waals surface area contributed by atoms with Crippen LogP contribution < -0.4 is 5.73 Å². The Balaban J connectivity index is 4.47. The van der Waals surface area contributed by atoms with Gasteiger partial charge in [0.2, 0.25) is 0 Å². The lowest BCUT2D eigenvalue weighted by molar-refractivity contribution is -0.161. The summed E-state index contributed by atoms with van der Waals surface area (Å²) in [5, 5.41) is 8.88. The Morgan fingerprint density at radius 2 is 0.982 bits per heavy atom. The number of esters is 2. The van der Waals surface area contributed by atoms with E-state index in [1.807, 2.05) is 0 Å². The highest BCUT2D eigenvalue weighted by Crippen LogP contribution is 2.43. The van der Waals surface area contributed by atoms with Gasteiger partial charge in [0.05, 0.1) is 13.2 Å². The Hall–Kier alpha value is -3.08. The second-order valence-electron chi connectivity index (χ2n) is 14.1. The molecule has 326 valence electrons. The standard InChI is InChI=1S/C45H76NO10P/c1-3-5-7-9-11-13-15-17-19-20-21-22-23-25-27-29-31-33-35-37-44(48)56-41(39-54-57(51,52)55-40-42(46)45(49)50)38-53-43(47)36-34-32-30-28-26-24-18-16-14-12-10-8-6-4-2/h5,7,11,13,16-19,21-22,25,27,41-42H,3-4,6,8-10,12,14-15,20,23-24,26,28-40,46H2,1-2H3,(H,49,50)(H,51,52)/b7-5+,13-11+,18-16+,19-17+,22-21+,27-25+/t41-,42+/m1/s1. The second-order valence-corrected chi connectivity index (χ2v) is 15.5. The van der Waals surface area contributed by atoms with Crippen LogP contribution in [-0.4, -0.2) is 59.9 Å². The van der Waals surface area contributed by atoms with Crippen molar-refractivity contribution < 1.29 is 47.5 Å². The maximum Gasteiger partial charge on any atom is 0.472 e. The molecule has 4 N–H and O–H groups in total. The molecule has 3 atom stereocenters. The van der Waals surface area contributed by atoms with Crippen LogP contribution in [0.5, 0.6) is 0 Å². The van der Waals surface area contributed by atoms with Crippen LogP contribution in [0.1, 0.15) is 162 Å². The largest absolute Gasteiger partial charge is 0.480 e. The zero-order valence-electron chi connectivity index (χ0n) is 35.2. The Kier molecular flexibility index (Phi) is 37.6. The minimum atomic E-state index is -4.73. The summed E-state index contributed by atoms with van der Waals surface area (Å²) in [6.07, 6.45) is 46.8. The van der Waals surface area contributed by atoms with Crippen molar-refractivity contribution >= 4 is 25.7 Å². The van der Waals surface area contributed by atoms with Gasteiger partial charge in [-0.1, -0.05) is 138 Å². The maximum atomic E-state index is 12.6. The SMILES string of the molecule is CC/C=C/C/C=C/C/C=C/C/C=C/C/C=C/CCCCCC(=O)O[C@H](COC(=O)CCCCCCC/C=C/CCCCCCC)COP(=O)(O)OC[C@H](N)C(=O)O. The van der Waals surface area contributed by atoms with Crippen LogP contribution in [0.2, 0.25) is 0 Å². The molecule has 1 unspecified atom stereocenters. The molecule has 0 aromatic heterocycles. The van der Waals surface area contributed by atoms with E-state index in [0.29, 0.717) is 12.8 Å². The number of nitrogens with two attached hydrogens (primary N) is 1. The number of carbonyl (C=O) groups excluding carboxylic acids is 2. The topological polar surface area (TPSA) is 172 Å². The van der Waals surface area contributed by atoms with Gasteiger partial charge in [-0.3, -0.25) is 23.4 Å². The molecular weight excluding hydrogens is 745 g/mol. The molecule has 0 heterocycles. The molecule has 12 heteroatoms. The molecule has 0 aliphatic heterocycles. The molecule has 0 fully saturated rings. The van der Waals surface area contributed by atoms with Crippen molar-refractivity contribution in [1.82, 2.24) is 0 Å². The number of aliphatic carboxylic acids is 1. The van der Waals surface area contributed by atoms with Gasteiger partial charge in [0.25, 0.3) is 0 Å². The predicted octanol–water partition coefficient (Wildman–Crippen LogP) is 11.3. The lowest BCUT2D eigenvalue weighted by Crippen LogP contribution is -2.34. The van der Waals surface area contributed by atoms with Gasteiger partial charge >= 0.3 is 25.7 Å². The number of phosphoric ester groups is 1. The number of phosphoric acid groups is 1. The van der Waals surface area contributed by atoms with Crippen molar-refractivity contribution in [3.63, 3.8) is 0 Å². The molecular formula is C45H76NO10P. The fourth-order valence-electron chi connectivity index (χ4n) is 5.32. The molecule has 0 spiro atoms. The molecule has 57 heavy (non-hydrogen) atoms. The average molecular weight is 822 g/mol. The van der Waals surface area contributed by atoms with Crippen LogP contribution in [-0.2, 0) is 37.5 Å². The van der Waals surface area contributed by atoms with Gasteiger partial charge in [-0.05, 0) is 83.5 Å². The second kappa shape index (κ2) is 39.7. The Bertz CT molecular complexity index is 1240. The zero-order valence-corrected chi connectivity index (χ0v) is 36.0. The van der Waals surface area contributed by atoms with Gasteiger partial charge in [-0.25, -0.2) is 4.57 Å². The molecule has 0 rings (SSSR count). The third kappa shape index (κ3) is 39.5. The van der Waals surface area contributed by atoms with E-state index in [4.69, 9.17) is 24.8 Å². The number of hydrogen-bond donors (Lipinski definition) is 3. The molecule has 11 nitrogen and oxygen atoms in total. The van der Waals surface area contributed by atoms with Crippen molar-refractivity contribution in [3.8, 4) is 0 Å². The van der Waals surface area contributed by atoms with Crippen LogP contribution in [0.4, 0.5) is 0 Å². The Labute approximate surface area is 344 Å². The highest BCUT2D eigenvalue weighted by Gasteiger charge is 2.28. The summed E-state index contributed by atoms with van der Waals surface area (Å²) in [7, 11) is -4.73. The number of carbonyl (C=O) groups is 3. The van der Waals surface area contributed by atoms with Gasteiger partial charge in [0, 0.05) is 12.8 Å². The highest BCUT2D eigenvalue weighted by atomic mass is 31.2. The molecule has 0 saturated carbocycles. The van der Waals surface area contributed by atoms with Gasteiger partial charge < -0.3 is 25.2 Å². The molecule has 0 aromatic carbocycles. The number of rotatable bonds is 39. The molecule has 0 radical (unpaired) electrons. The van der Waals surface area contributed by atoms with Crippen molar-refractivity contribution in [2.75, 3.05) is 19.8 Å². The Morgan fingerprint density at radius 1 is 0.561 bits per heavy atom. The maximum absolute atomic E-state index is 12.6. The van der Waals surface area contributed by atoms with Crippen LogP contribution in [0.3, 0.4) is 0 Å². The van der Waals surface area contributed by atoms with Crippen LogP contribution >= 0.6 is 7.82 Å². The molecule has 0 aliphatic rings. The molecule has 0 amide bonds. The minimum Gasteiger partial charge on any atom is -0.480 e. The van der Waals surface area contributed by atoms with Crippen molar-refractivity contribution in [2.24, 2.45) is 5.73 Å². The summed E-state index contributed by atoms with van der Waals surface area (Å²) < 4.78 is 32.6. The van der Waals surface area contributed by atoms with E-state index in [-0.39, 0.29) is 19.4 Å². The fourth-order valence-corrected chi connectivity index (χ4v) is 6.10. The molecule has 0 aliphatic carbocycles. The number of ether oxygens (including phenoxy) is 2. The zero-order chi connectivity index (χ0) is 42.1. The number of carboxylic acids is 1. The van der Waals surface area contributed by atoms with Crippen molar-refractivity contribution in [2.45, 2.75) is 174 Å². The van der Waals surface area contributed by atoms with Gasteiger partial charge in [0.15, 0.2) is 6.10 Å². The summed E-state index contributed by atoms with van der Waals surface area (Å²) in [4.78, 5) is 45.9. The van der Waals surface area contributed by atoms with E-state index >= 15 is 0 Å². The first-order valence-electron chi connectivity index (χ1n) is 21.5. The third-order valence-electron chi connectivity index (χ3n) is 8.69. The monoisotopic (exact) mass is 822 g/mol. The van der Waals surface area contributed by atoms with E-state index in [0.717, 1.165) is 89.9 Å². The number of unbranched alkanes of at least 4 members (excludes halogenated alkanes) is 13. The minimum absolute atomic E-state index is 0.117. The first-order chi connectivity index (χ1) is 27.6. The number of carboxylic acid groups (broad SMARTS) is 1. The average Bonchev–Trinajstić information content (AvgIpc) is 3.19. The van der Waals surface area contributed by atoms with Gasteiger partial charge in [-0.2, -0.15) is 0 Å². The first-order valence-corrected chi connectivity index (χ1v) is 23.0. The van der Waals surface area contributed by atoms with Crippen LogP contribution in [0.15, 0.2) is 72.9 Å². The Morgan fingerprint density at radius 3 is 1.51 bits per heavy atom.